The van der Waals surface area contributed by atoms with Crippen molar-refractivity contribution in [2.75, 3.05) is 18.8 Å². The van der Waals surface area contributed by atoms with Gasteiger partial charge in [0.25, 0.3) is 0 Å². The number of fused-ring (bicyclic) bond motifs is 1. The minimum Gasteiger partial charge on any atom is -0.316 e. The Hall–Kier alpha value is -0.700. The topological polar surface area (TPSA) is 12.0 Å². The third-order valence-electron chi connectivity index (χ3n) is 2.71. The maximum Gasteiger partial charge on any atom is 0.0151 e. The lowest BCUT2D eigenvalue weighted by Crippen LogP contribution is -2.17. The van der Waals surface area contributed by atoms with Crippen LogP contribution in [-0.4, -0.2) is 18.8 Å². The van der Waals surface area contributed by atoms with Crippen LogP contribution < -0.4 is 5.32 Å². The summed E-state index contributed by atoms with van der Waals surface area (Å²) >= 11 is 1.94. The van der Waals surface area contributed by atoms with Crippen molar-refractivity contribution in [1.29, 1.82) is 0 Å². The van der Waals surface area contributed by atoms with E-state index in [1.165, 1.54) is 22.1 Å². The molecule has 0 bridgehead atoms. The second-order valence-corrected chi connectivity index (χ2v) is 5.21. The molecule has 0 atom stereocenters. The molecule has 0 amide bonds. The Labute approximate surface area is 120 Å². The molecule has 0 saturated carbocycles. The largest absolute Gasteiger partial charge is 0.316 e. The second kappa shape index (κ2) is 8.41. The third kappa shape index (κ3) is 4.20. The molecule has 0 radical (unpaired) electrons. The standard InChI is InChI=1S/C15H19NS.ClH/c1-2-10-16-11-12-17-15-9-5-7-13-6-3-4-8-14(13)15;/h3-9,16H,2,10-12H2,1H3;1H. The molecule has 0 saturated heterocycles. The number of nitrogens with one attached hydrogen (secondary N) is 1. The summed E-state index contributed by atoms with van der Waals surface area (Å²) in [6.07, 6.45) is 1.21. The predicted molar refractivity (Wildman–Crippen MR) is 85.1 cm³/mol. The van der Waals surface area contributed by atoms with E-state index in [4.69, 9.17) is 0 Å². The Balaban J connectivity index is 0.00000162. The zero-order valence-corrected chi connectivity index (χ0v) is 12.3. The molecule has 0 heterocycles. The van der Waals surface area contributed by atoms with E-state index in [1.54, 1.807) is 0 Å². The Morgan fingerprint density at radius 2 is 1.78 bits per heavy atom. The first-order chi connectivity index (χ1) is 8.42. The summed E-state index contributed by atoms with van der Waals surface area (Å²) in [5, 5.41) is 6.14. The summed E-state index contributed by atoms with van der Waals surface area (Å²) in [5.74, 6) is 1.13. The lowest BCUT2D eigenvalue weighted by molar-refractivity contribution is 0.707. The summed E-state index contributed by atoms with van der Waals surface area (Å²) in [6, 6.07) is 15.1. The van der Waals surface area contributed by atoms with Crippen LogP contribution in [0.4, 0.5) is 0 Å². The zero-order valence-electron chi connectivity index (χ0n) is 10.7. The summed E-state index contributed by atoms with van der Waals surface area (Å²) in [7, 11) is 0. The number of benzene rings is 2. The molecule has 3 heteroatoms. The van der Waals surface area contributed by atoms with E-state index in [0.717, 1.165) is 18.8 Å². The van der Waals surface area contributed by atoms with Gasteiger partial charge in [0.2, 0.25) is 0 Å². The highest BCUT2D eigenvalue weighted by atomic mass is 35.5. The highest BCUT2D eigenvalue weighted by molar-refractivity contribution is 7.99. The minimum absolute atomic E-state index is 0. The smallest absolute Gasteiger partial charge is 0.0151 e. The maximum absolute atomic E-state index is 3.43. The van der Waals surface area contributed by atoms with Gasteiger partial charge in [0.1, 0.15) is 0 Å². The molecule has 0 aliphatic rings. The van der Waals surface area contributed by atoms with Crippen molar-refractivity contribution in [3.05, 3.63) is 42.5 Å². The van der Waals surface area contributed by atoms with Crippen LogP contribution in [0.15, 0.2) is 47.4 Å². The number of rotatable bonds is 6. The van der Waals surface area contributed by atoms with Crippen LogP contribution in [0.2, 0.25) is 0 Å². The maximum atomic E-state index is 3.43. The zero-order chi connectivity index (χ0) is 11.9. The van der Waals surface area contributed by atoms with Crippen LogP contribution in [0.25, 0.3) is 10.8 Å². The summed E-state index contributed by atoms with van der Waals surface area (Å²) in [4.78, 5) is 1.39. The molecule has 98 valence electrons. The van der Waals surface area contributed by atoms with Crippen molar-refractivity contribution >= 4 is 34.9 Å². The lowest BCUT2D eigenvalue weighted by atomic mass is 10.1. The van der Waals surface area contributed by atoms with Gasteiger partial charge in [0, 0.05) is 17.2 Å². The quantitative estimate of drug-likeness (QED) is 0.624. The van der Waals surface area contributed by atoms with Crippen LogP contribution in [0.5, 0.6) is 0 Å². The molecule has 0 unspecified atom stereocenters. The summed E-state index contributed by atoms with van der Waals surface area (Å²) < 4.78 is 0. The van der Waals surface area contributed by atoms with Gasteiger partial charge in [-0.05, 0) is 29.8 Å². The normalized spacial score (nSPS) is 10.3. The van der Waals surface area contributed by atoms with Gasteiger partial charge in [-0.1, -0.05) is 43.3 Å². The molecule has 2 rings (SSSR count). The summed E-state index contributed by atoms with van der Waals surface area (Å²) in [6.45, 7) is 4.41. The van der Waals surface area contributed by atoms with Crippen molar-refractivity contribution < 1.29 is 0 Å². The predicted octanol–water partition coefficient (Wildman–Crippen LogP) is 4.35. The first-order valence-electron chi connectivity index (χ1n) is 6.23. The molecule has 0 aliphatic carbocycles. The fourth-order valence-corrected chi connectivity index (χ4v) is 2.84. The molecule has 18 heavy (non-hydrogen) atoms. The fourth-order valence-electron chi connectivity index (χ4n) is 1.86. The van der Waals surface area contributed by atoms with Crippen LogP contribution in [-0.2, 0) is 0 Å². The van der Waals surface area contributed by atoms with E-state index in [9.17, 15) is 0 Å². The van der Waals surface area contributed by atoms with Crippen LogP contribution in [0.1, 0.15) is 13.3 Å². The number of halogens is 1. The second-order valence-electron chi connectivity index (χ2n) is 4.08. The molecular weight excluding hydrogens is 262 g/mol. The molecule has 0 spiro atoms. The van der Waals surface area contributed by atoms with E-state index in [0.29, 0.717) is 0 Å². The first-order valence-corrected chi connectivity index (χ1v) is 7.21. The highest BCUT2D eigenvalue weighted by Gasteiger charge is 1.99. The van der Waals surface area contributed by atoms with Gasteiger partial charge < -0.3 is 5.32 Å². The highest BCUT2D eigenvalue weighted by Crippen LogP contribution is 2.27. The van der Waals surface area contributed by atoms with Crippen LogP contribution in [0, 0.1) is 0 Å². The van der Waals surface area contributed by atoms with Gasteiger partial charge >= 0.3 is 0 Å². The molecule has 0 aromatic heterocycles. The Morgan fingerprint density at radius 1 is 1.00 bits per heavy atom. The molecule has 0 aliphatic heterocycles. The number of thioether (sulfide) groups is 1. The van der Waals surface area contributed by atoms with E-state index in [2.05, 4.69) is 54.7 Å². The Morgan fingerprint density at radius 3 is 2.61 bits per heavy atom. The molecule has 1 N–H and O–H groups in total. The Bertz CT molecular complexity index is 468. The number of hydrogen-bond acceptors (Lipinski definition) is 2. The molecule has 1 nitrogen and oxygen atoms in total. The molecule has 2 aromatic rings. The van der Waals surface area contributed by atoms with Crippen molar-refractivity contribution in [3.63, 3.8) is 0 Å². The van der Waals surface area contributed by atoms with E-state index < -0.39 is 0 Å². The van der Waals surface area contributed by atoms with E-state index in [1.807, 2.05) is 11.8 Å². The Kier molecular flexibility index (Phi) is 7.18. The minimum atomic E-state index is 0. The van der Waals surface area contributed by atoms with Gasteiger partial charge in [-0.2, -0.15) is 0 Å². The lowest BCUT2D eigenvalue weighted by Gasteiger charge is -2.06. The average Bonchev–Trinajstić information content (AvgIpc) is 2.39. The van der Waals surface area contributed by atoms with Gasteiger partial charge in [-0.15, -0.1) is 24.2 Å². The monoisotopic (exact) mass is 281 g/mol. The third-order valence-corrected chi connectivity index (χ3v) is 3.79. The molecule has 2 aromatic carbocycles. The van der Waals surface area contributed by atoms with Gasteiger partial charge in [-0.25, -0.2) is 0 Å². The van der Waals surface area contributed by atoms with E-state index >= 15 is 0 Å². The van der Waals surface area contributed by atoms with Crippen LogP contribution >= 0.6 is 24.2 Å². The molecule has 0 fully saturated rings. The van der Waals surface area contributed by atoms with E-state index in [-0.39, 0.29) is 12.4 Å². The number of hydrogen-bond donors (Lipinski definition) is 1. The van der Waals surface area contributed by atoms with Crippen molar-refractivity contribution in [2.45, 2.75) is 18.2 Å². The van der Waals surface area contributed by atoms with Gasteiger partial charge in [0.15, 0.2) is 0 Å². The SMILES string of the molecule is CCCNCCSc1cccc2ccccc12.Cl. The van der Waals surface area contributed by atoms with Crippen molar-refractivity contribution in [1.82, 2.24) is 5.32 Å². The average molecular weight is 282 g/mol. The van der Waals surface area contributed by atoms with Crippen LogP contribution in [0.3, 0.4) is 0 Å². The van der Waals surface area contributed by atoms with Gasteiger partial charge in [-0.3, -0.25) is 0 Å². The van der Waals surface area contributed by atoms with Crippen molar-refractivity contribution in [2.24, 2.45) is 0 Å². The fraction of sp³-hybridized carbons (Fsp3) is 0.333. The van der Waals surface area contributed by atoms with Crippen molar-refractivity contribution in [3.8, 4) is 0 Å². The molecular formula is C15H20ClNS. The summed E-state index contributed by atoms with van der Waals surface area (Å²) in [5.41, 5.74) is 0. The first kappa shape index (κ1) is 15.4. The van der Waals surface area contributed by atoms with Gasteiger partial charge in [0.05, 0.1) is 0 Å².